The molecule has 3 amide bonds. The second kappa shape index (κ2) is 12.6. The fraction of sp³-hybridized carbons (Fsp3) is 0.556. The highest BCUT2D eigenvalue weighted by atomic mass is 32.1. The van der Waals surface area contributed by atoms with Gasteiger partial charge in [-0.05, 0) is 42.9 Å². The van der Waals surface area contributed by atoms with Crippen LogP contribution >= 0.6 is 11.3 Å². The molecule has 2 aromatic rings. The number of carbonyl (C=O) groups is 3. The van der Waals surface area contributed by atoms with Crippen LogP contribution in [-0.2, 0) is 20.9 Å². The zero-order chi connectivity index (χ0) is 27.2. The number of carbonyl (C=O) groups excluding carboxylic acids is 3. The number of aryl methyl sites for hydroxylation is 1. The van der Waals surface area contributed by atoms with Crippen LogP contribution in [0.2, 0.25) is 0 Å². The van der Waals surface area contributed by atoms with Gasteiger partial charge >= 0.3 is 0 Å². The second-order valence-corrected chi connectivity index (χ2v) is 11.5. The first-order valence-corrected chi connectivity index (χ1v) is 13.6. The third-order valence-electron chi connectivity index (χ3n) is 6.57. The SMILES string of the molecule is Cc1ncsc1-c1ccc(CNC(=O)C2CC(O)CN2C(=O)[C@@H](NC(=O)CCCCN)C(C)(C)C)cc1. The van der Waals surface area contributed by atoms with Gasteiger partial charge in [-0.3, -0.25) is 14.4 Å². The van der Waals surface area contributed by atoms with Crippen molar-refractivity contribution in [3.8, 4) is 10.4 Å². The number of β-amino-alcohol motifs (C(OH)–C–C–N with tert-alkyl or cyclic N) is 1. The van der Waals surface area contributed by atoms with Crippen LogP contribution in [0, 0.1) is 12.3 Å². The minimum absolute atomic E-state index is 0.0510. The standard InChI is InChI=1S/C27H39N5O4S/c1-17-23(37-16-30-17)19-10-8-18(9-11-19)14-29-25(35)21-13-20(33)15-32(21)26(36)24(27(2,3)4)31-22(34)7-5-6-12-28/h8-11,16,20-21,24,33H,5-7,12-15,28H2,1-4H3,(H,29,35)(H,31,34)/t20?,21?,24-/m1/s1. The Hall–Kier alpha value is -2.82. The van der Waals surface area contributed by atoms with Gasteiger partial charge in [0.05, 0.1) is 22.2 Å². The molecule has 2 unspecified atom stereocenters. The number of likely N-dealkylation sites (tertiary alicyclic amines) is 1. The Morgan fingerprint density at radius 3 is 2.51 bits per heavy atom. The van der Waals surface area contributed by atoms with E-state index >= 15 is 0 Å². The molecule has 1 fully saturated rings. The van der Waals surface area contributed by atoms with Gasteiger partial charge in [-0.1, -0.05) is 45.0 Å². The monoisotopic (exact) mass is 529 g/mol. The van der Waals surface area contributed by atoms with Crippen LogP contribution in [0.4, 0.5) is 0 Å². The first-order chi connectivity index (χ1) is 17.5. The third kappa shape index (κ3) is 7.59. The van der Waals surface area contributed by atoms with Crippen LogP contribution in [0.1, 0.15) is 57.7 Å². The van der Waals surface area contributed by atoms with Gasteiger partial charge in [0.1, 0.15) is 12.1 Å². The van der Waals surface area contributed by atoms with E-state index in [2.05, 4.69) is 15.6 Å². The minimum Gasteiger partial charge on any atom is -0.391 e. The first-order valence-electron chi connectivity index (χ1n) is 12.8. The first kappa shape index (κ1) is 28.7. The highest BCUT2D eigenvalue weighted by Crippen LogP contribution is 2.28. The Labute approximate surface area is 222 Å². The molecule has 0 radical (unpaired) electrons. The molecule has 2 heterocycles. The largest absolute Gasteiger partial charge is 0.391 e. The summed E-state index contributed by atoms with van der Waals surface area (Å²) in [4.78, 5) is 46.0. The molecular weight excluding hydrogens is 490 g/mol. The lowest BCUT2D eigenvalue weighted by atomic mass is 9.85. The van der Waals surface area contributed by atoms with E-state index in [1.165, 1.54) is 4.90 Å². The predicted molar refractivity (Wildman–Crippen MR) is 145 cm³/mol. The van der Waals surface area contributed by atoms with E-state index in [4.69, 9.17) is 5.73 Å². The average molecular weight is 530 g/mol. The van der Waals surface area contributed by atoms with Gasteiger partial charge < -0.3 is 26.4 Å². The Morgan fingerprint density at radius 2 is 1.92 bits per heavy atom. The van der Waals surface area contributed by atoms with E-state index in [9.17, 15) is 19.5 Å². The maximum atomic E-state index is 13.6. The van der Waals surface area contributed by atoms with E-state index in [1.54, 1.807) is 11.3 Å². The number of thiazole rings is 1. The molecule has 0 aliphatic carbocycles. The van der Waals surface area contributed by atoms with E-state index in [-0.39, 0.29) is 37.1 Å². The molecule has 1 aromatic carbocycles. The van der Waals surface area contributed by atoms with E-state index < -0.39 is 23.6 Å². The highest BCUT2D eigenvalue weighted by molar-refractivity contribution is 7.13. The van der Waals surface area contributed by atoms with E-state index in [1.807, 2.05) is 57.5 Å². The Kier molecular flexibility index (Phi) is 9.80. The molecular formula is C27H39N5O4S. The van der Waals surface area contributed by atoms with Gasteiger partial charge in [-0.2, -0.15) is 0 Å². The smallest absolute Gasteiger partial charge is 0.246 e. The van der Waals surface area contributed by atoms with Crippen molar-refractivity contribution in [1.82, 2.24) is 20.5 Å². The summed E-state index contributed by atoms with van der Waals surface area (Å²) in [6.07, 6.45) is 1.01. The van der Waals surface area contributed by atoms with Crippen LogP contribution in [0.5, 0.6) is 0 Å². The maximum absolute atomic E-state index is 13.6. The van der Waals surface area contributed by atoms with Crippen LogP contribution in [0.3, 0.4) is 0 Å². The zero-order valence-corrected chi connectivity index (χ0v) is 22.9. The number of nitrogens with one attached hydrogen (secondary N) is 2. The summed E-state index contributed by atoms with van der Waals surface area (Å²) in [6.45, 7) is 8.44. The molecule has 0 saturated carbocycles. The highest BCUT2D eigenvalue weighted by Gasteiger charge is 2.44. The van der Waals surface area contributed by atoms with Crippen LogP contribution < -0.4 is 16.4 Å². The summed E-state index contributed by atoms with van der Waals surface area (Å²) in [5.74, 6) is -0.908. The van der Waals surface area contributed by atoms with Gasteiger partial charge in [-0.15, -0.1) is 11.3 Å². The molecule has 1 aliphatic rings. The molecule has 3 atom stereocenters. The molecule has 9 nitrogen and oxygen atoms in total. The molecule has 10 heteroatoms. The van der Waals surface area contributed by atoms with Crippen molar-refractivity contribution < 1.29 is 19.5 Å². The number of hydrogen-bond donors (Lipinski definition) is 4. The van der Waals surface area contributed by atoms with Crippen molar-refractivity contribution in [2.45, 2.75) is 78.1 Å². The van der Waals surface area contributed by atoms with Crippen LogP contribution in [-0.4, -0.2) is 64.0 Å². The molecule has 1 aliphatic heterocycles. The number of unbranched alkanes of at least 4 members (excludes halogenated alkanes) is 1. The van der Waals surface area contributed by atoms with Crippen molar-refractivity contribution >= 4 is 29.1 Å². The number of benzene rings is 1. The van der Waals surface area contributed by atoms with Gasteiger partial charge in [0.2, 0.25) is 17.7 Å². The van der Waals surface area contributed by atoms with Crippen molar-refractivity contribution in [3.05, 3.63) is 41.0 Å². The lowest BCUT2D eigenvalue weighted by Crippen LogP contribution is -2.57. The molecule has 202 valence electrons. The van der Waals surface area contributed by atoms with Gasteiger partial charge in [0.25, 0.3) is 0 Å². The summed E-state index contributed by atoms with van der Waals surface area (Å²) in [7, 11) is 0. The summed E-state index contributed by atoms with van der Waals surface area (Å²) in [5.41, 5.74) is 9.73. The molecule has 0 bridgehead atoms. The van der Waals surface area contributed by atoms with Gasteiger partial charge in [0, 0.05) is 25.9 Å². The van der Waals surface area contributed by atoms with Crippen LogP contribution in [0.25, 0.3) is 10.4 Å². The van der Waals surface area contributed by atoms with Crippen molar-refractivity contribution in [3.63, 3.8) is 0 Å². The lowest BCUT2D eigenvalue weighted by Gasteiger charge is -2.35. The Balaban J connectivity index is 1.65. The molecule has 5 N–H and O–H groups in total. The second-order valence-electron chi connectivity index (χ2n) is 10.7. The lowest BCUT2D eigenvalue weighted by molar-refractivity contribution is -0.144. The number of hydrogen-bond acceptors (Lipinski definition) is 7. The summed E-state index contributed by atoms with van der Waals surface area (Å²) >= 11 is 1.59. The van der Waals surface area contributed by atoms with Gasteiger partial charge in [0.15, 0.2) is 0 Å². The Bertz CT molecular complexity index is 1080. The molecule has 3 rings (SSSR count). The van der Waals surface area contributed by atoms with Crippen molar-refractivity contribution in [1.29, 1.82) is 0 Å². The summed E-state index contributed by atoms with van der Waals surface area (Å²) in [6, 6.07) is 6.29. The zero-order valence-electron chi connectivity index (χ0n) is 22.1. The fourth-order valence-corrected chi connectivity index (χ4v) is 5.26. The number of nitrogens with two attached hydrogens (primary N) is 1. The predicted octanol–water partition coefficient (Wildman–Crippen LogP) is 2.36. The van der Waals surface area contributed by atoms with Crippen LogP contribution in [0.15, 0.2) is 29.8 Å². The number of aliphatic hydroxyl groups is 1. The molecule has 1 saturated heterocycles. The number of nitrogens with zero attached hydrogens (tertiary/aromatic N) is 2. The van der Waals surface area contributed by atoms with E-state index in [0.717, 1.165) is 28.1 Å². The van der Waals surface area contributed by atoms with Crippen molar-refractivity contribution in [2.75, 3.05) is 13.1 Å². The fourth-order valence-electron chi connectivity index (χ4n) is 4.44. The van der Waals surface area contributed by atoms with Crippen molar-refractivity contribution in [2.24, 2.45) is 11.1 Å². The molecule has 37 heavy (non-hydrogen) atoms. The number of aromatic nitrogens is 1. The number of amides is 3. The topological polar surface area (TPSA) is 138 Å². The molecule has 0 spiro atoms. The molecule has 1 aromatic heterocycles. The minimum atomic E-state index is -0.818. The Morgan fingerprint density at radius 1 is 1.22 bits per heavy atom. The maximum Gasteiger partial charge on any atom is 0.246 e. The third-order valence-corrected chi connectivity index (χ3v) is 7.55. The van der Waals surface area contributed by atoms with Gasteiger partial charge in [-0.25, -0.2) is 4.98 Å². The number of rotatable bonds is 10. The summed E-state index contributed by atoms with van der Waals surface area (Å²) in [5, 5.41) is 16.1. The summed E-state index contributed by atoms with van der Waals surface area (Å²) < 4.78 is 0. The average Bonchev–Trinajstić information content (AvgIpc) is 3.46. The number of aliphatic hydroxyl groups excluding tert-OH is 1. The van der Waals surface area contributed by atoms with E-state index in [0.29, 0.717) is 19.5 Å². The quantitative estimate of drug-likeness (QED) is 0.349. The normalized spacial score (nSPS) is 18.5.